The molecule has 1 aromatic carbocycles. The summed E-state index contributed by atoms with van der Waals surface area (Å²) in [6.07, 6.45) is 0.117. The van der Waals surface area contributed by atoms with Crippen LogP contribution in [0.25, 0.3) is 0 Å². The number of hydrogen-bond acceptors (Lipinski definition) is 5. The molecule has 4 atom stereocenters. The van der Waals surface area contributed by atoms with Gasteiger partial charge in [0, 0.05) is 0 Å². The minimum atomic E-state index is -1.48. The number of β-lactam (4-membered cyclic amide) rings is 1. The van der Waals surface area contributed by atoms with Gasteiger partial charge >= 0.3 is 29.6 Å². The van der Waals surface area contributed by atoms with Crippen LogP contribution in [-0.2, 0) is 20.8 Å². The molecular weight excluding hydrogens is 358 g/mol. The number of nitrogens with zero attached hydrogens (tertiary/aromatic N) is 1. The van der Waals surface area contributed by atoms with E-state index in [4.69, 9.17) is 0 Å². The molecule has 1 aromatic rings. The summed E-state index contributed by atoms with van der Waals surface area (Å²) in [6.45, 7) is 0.549. The van der Waals surface area contributed by atoms with Crippen LogP contribution in [0.1, 0.15) is 12.5 Å². The van der Waals surface area contributed by atoms with Gasteiger partial charge in [-0.05, 0) is 12.5 Å². The van der Waals surface area contributed by atoms with Crippen molar-refractivity contribution in [2.45, 2.75) is 35.5 Å². The number of amides is 2. The van der Waals surface area contributed by atoms with Crippen LogP contribution in [0.3, 0.4) is 0 Å². The second kappa shape index (κ2) is 7.65. The summed E-state index contributed by atoms with van der Waals surface area (Å²) in [6, 6.07) is 6.89. The molecular formula is C16H16FN2NaO4S. The fraction of sp³-hybridized carbons (Fsp3) is 0.438. The van der Waals surface area contributed by atoms with Gasteiger partial charge in [-0.3, -0.25) is 9.59 Å². The Kier molecular flexibility index (Phi) is 6.19. The number of nitrogens with one attached hydrogen (secondary N) is 1. The summed E-state index contributed by atoms with van der Waals surface area (Å²) >= 11 is 1.05. The molecule has 2 heterocycles. The van der Waals surface area contributed by atoms with Crippen LogP contribution in [-0.4, -0.2) is 51.6 Å². The van der Waals surface area contributed by atoms with Gasteiger partial charge in [0.15, 0.2) is 0 Å². The first kappa shape index (κ1) is 20.2. The van der Waals surface area contributed by atoms with Crippen molar-refractivity contribution in [2.75, 3.05) is 6.67 Å². The molecule has 6 nitrogen and oxygen atoms in total. The number of rotatable bonds is 5. The topological polar surface area (TPSA) is 89.5 Å². The standard InChI is InChI=1S/C16H17FN2O4S.Na/c1-16(8-17)12(15(22)23)19-13(21)11(14(19)24-16)18-10(20)7-9-5-3-2-4-6-9;/h2-6,11-12,14H,7-8H2,1H3,(H,18,20)(H,22,23);/q;+1/p-1/t11-,12+,14-,16+;/m1./s1. The second-order valence-electron chi connectivity index (χ2n) is 6.13. The number of fused-ring (bicyclic) bond motifs is 1. The van der Waals surface area contributed by atoms with Gasteiger partial charge in [0.1, 0.15) is 18.1 Å². The van der Waals surface area contributed by atoms with Gasteiger partial charge in [-0.1, -0.05) is 30.3 Å². The maximum Gasteiger partial charge on any atom is 1.00 e. The van der Waals surface area contributed by atoms with E-state index in [-0.39, 0.29) is 41.9 Å². The predicted molar refractivity (Wildman–Crippen MR) is 83.5 cm³/mol. The molecule has 128 valence electrons. The number of carboxylic acid groups (broad SMARTS) is 1. The number of carboxylic acids is 1. The second-order valence-corrected chi connectivity index (χ2v) is 7.78. The van der Waals surface area contributed by atoms with Crippen molar-refractivity contribution >= 4 is 29.5 Å². The Hall–Kier alpha value is -1.09. The summed E-state index contributed by atoms with van der Waals surface area (Å²) in [5.74, 6) is -2.33. The van der Waals surface area contributed by atoms with E-state index in [2.05, 4.69) is 5.32 Å². The van der Waals surface area contributed by atoms with Crippen LogP contribution in [0.15, 0.2) is 30.3 Å². The molecule has 0 spiro atoms. The first-order valence-corrected chi connectivity index (χ1v) is 8.35. The average molecular weight is 374 g/mol. The molecule has 3 rings (SSSR count). The molecule has 0 radical (unpaired) electrons. The Bertz CT molecular complexity index is 692. The molecule has 0 aliphatic carbocycles. The monoisotopic (exact) mass is 374 g/mol. The molecule has 1 N–H and O–H groups in total. The van der Waals surface area contributed by atoms with E-state index < -0.39 is 40.8 Å². The number of carbonyl (C=O) groups is 3. The van der Waals surface area contributed by atoms with Crippen molar-refractivity contribution in [2.24, 2.45) is 0 Å². The zero-order valence-electron chi connectivity index (χ0n) is 13.9. The molecule has 0 saturated carbocycles. The summed E-state index contributed by atoms with van der Waals surface area (Å²) in [7, 11) is 0. The van der Waals surface area contributed by atoms with Crippen LogP contribution in [0.2, 0.25) is 0 Å². The summed E-state index contributed by atoms with van der Waals surface area (Å²) < 4.78 is 12.1. The van der Waals surface area contributed by atoms with Crippen molar-refractivity contribution < 1.29 is 53.4 Å². The molecule has 9 heteroatoms. The fourth-order valence-corrected chi connectivity index (χ4v) is 4.74. The van der Waals surface area contributed by atoms with Crippen molar-refractivity contribution in [1.29, 1.82) is 0 Å². The fourth-order valence-electron chi connectivity index (χ4n) is 3.13. The van der Waals surface area contributed by atoms with Gasteiger partial charge in [-0.15, -0.1) is 11.8 Å². The van der Waals surface area contributed by atoms with Crippen molar-refractivity contribution in [1.82, 2.24) is 10.2 Å². The van der Waals surface area contributed by atoms with Crippen LogP contribution < -0.4 is 40.0 Å². The number of carbonyl (C=O) groups excluding carboxylic acids is 3. The minimum Gasteiger partial charge on any atom is -0.548 e. The average Bonchev–Trinajstić information content (AvgIpc) is 2.84. The third kappa shape index (κ3) is 3.58. The number of halogens is 1. The summed E-state index contributed by atoms with van der Waals surface area (Å²) in [4.78, 5) is 36.7. The van der Waals surface area contributed by atoms with Crippen molar-refractivity contribution in [3.05, 3.63) is 35.9 Å². The van der Waals surface area contributed by atoms with E-state index in [0.29, 0.717) is 0 Å². The van der Waals surface area contributed by atoms with E-state index in [1.807, 2.05) is 18.2 Å². The largest absolute Gasteiger partial charge is 1.00 e. The van der Waals surface area contributed by atoms with Crippen molar-refractivity contribution in [3.63, 3.8) is 0 Å². The molecule has 2 fully saturated rings. The maximum absolute atomic E-state index is 13.3. The first-order valence-electron chi connectivity index (χ1n) is 7.47. The number of alkyl halides is 1. The molecule has 2 amide bonds. The third-order valence-electron chi connectivity index (χ3n) is 4.34. The predicted octanol–water partition coefficient (Wildman–Crippen LogP) is -3.52. The molecule has 2 saturated heterocycles. The Balaban J connectivity index is 0.00000225. The molecule has 0 unspecified atom stereocenters. The zero-order valence-corrected chi connectivity index (χ0v) is 16.7. The number of aliphatic carboxylic acids is 1. The van der Waals surface area contributed by atoms with Gasteiger partial charge in [0.2, 0.25) is 11.8 Å². The normalized spacial score (nSPS) is 30.1. The number of hydrogen-bond donors (Lipinski definition) is 1. The van der Waals surface area contributed by atoms with Crippen LogP contribution in [0.4, 0.5) is 4.39 Å². The van der Waals surface area contributed by atoms with E-state index >= 15 is 0 Å². The SMILES string of the molecule is C[C@@]1(CF)S[C@@H]2[C@H](NC(=O)Cc3ccccc3)C(=O)N2[C@H]1C(=O)[O-].[Na+]. The van der Waals surface area contributed by atoms with Crippen LogP contribution in [0.5, 0.6) is 0 Å². The van der Waals surface area contributed by atoms with E-state index in [9.17, 15) is 23.9 Å². The third-order valence-corrected chi connectivity index (χ3v) is 5.95. The van der Waals surface area contributed by atoms with E-state index in [1.54, 1.807) is 12.1 Å². The minimum absolute atomic E-state index is 0. The van der Waals surface area contributed by atoms with Crippen molar-refractivity contribution in [3.8, 4) is 0 Å². The van der Waals surface area contributed by atoms with Gasteiger partial charge in [0.25, 0.3) is 0 Å². The van der Waals surface area contributed by atoms with Gasteiger partial charge in [0.05, 0.1) is 23.2 Å². The quantitative estimate of drug-likeness (QED) is 0.426. The molecule has 0 aromatic heterocycles. The Morgan fingerprint density at radius 1 is 1.36 bits per heavy atom. The summed E-state index contributed by atoms with van der Waals surface area (Å²) in [5.41, 5.74) is 0.805. The number of thioether (sulfide) groups is 1. The Labute approximate surface area is 170 Å². The smallest absolute Gasteiger partial charge is 0.548 e. The van der Waals surface area contributed by atoms with Gasteiger partial charge < -0.3 is 20.1 Å². The zero-order chi connectivity index (χ0) is 17.5. The number of benzene rings is 1. The van der Waals surface area contributed by atoms with E-state index in [1.165, 1.54) is 6.92 Å². The van der Waals surface area contributed by atoms with Crippen LogP contribution >= 0.6 is 11.8 Å². The van der Waals surface area contributed by atoms with Crippen LogP contribution in [0, 0.1) is 0 Å². The molecule has 2 aliphatic heterocycles. The molecule has 25 heavy (non-hydrogen) atoms. The van der Waals surface area contributed by atoms with Gasteiger partial charge in [-0.25, -0.2) is 4.39 Å². The Morgan fingerprint density at radius 2 is 2.00 bits per heavy atom. The van der Waals surface area contributed by atoms with E-state index in [0.717, 1.165) is 22.2 Å². The molecule has 0 bridgehead atoms. The maximum atomic E-state index is 13.3. The van der Waals surface area contributed by atoms with Gasteiger partial charge in [-0.2, -0.15) is 0 Å². The first-order chi connectivity index (χ1) is 11.4. The molecule has 2 aliphatic rings. The Morgan fingerprint density at radius 3 is 2.56 bits per heavy atom. The summed E-state index contributed by atoms with van der Waals surface area (Å²) in [5, 5.41) is 13.3.